The lowest BCUT2D eigenvalue weighted by atomic mass is 10.0. The Morgan fingerprint density at radius 2 is 2.10 bits per heavy atom. The van der Waals surface area contributed by atoms with Gasteiger partial charge >= 0.3 is 0 Å². The summed E-state index contributed by atoms with van der Waals surface area (Å²) in [6, 6.07) is 9.24. The highest BCUT2D eigenvalue weighted by molar-refractivity contribution is 5.74. The molecule has 1 saturated heterocycles. The lowest BCUT2D eigenvalue weighted by Gasteiger charge is -2.36. The molecule has 5 heteroatoms. The number of fused-ring (bicyclic) bond motifs is 1. The van der Waals surface area contributed by atoms with Crippen LogP contribution in [0.5, 0.6) is 0 Å². The number of anilines is 1. The van der Waals surface area contributed by atoms with Gasteiger partial charge in [0, 0.05) is 32.3 Å². The molecule has 0 bridgehead atoms. The summed E-state index contributed by atoms with van der Waals surface area (Å²) in [6.07, 6.45) is 3.07. The second kappa shape index (κ2) is 6.45. The van der Waals surface area contributed by atoms with Crippen LogP contribution in [0.15, 0.2) is 28.7 Å². The predicted molar refractivity (Wildman–Crippen MR) is 83.6 cm³/mol. The molecule has 0 saturated carbocycles. The van der Waals surface area contributed by atoms with Gasteiger partial charge in [0.2, 0.25) is 0 Å². The average Bonchev–Trinajstić information content (AvgIpc) is 2.96. The van der Waals surface area contributed by atoms with E-state index in [9.17, 15) is 0 Å². The van der Waals surface area contributed by atoms with Crippen molar-refractivity contribution in [2.75, 3.05) is 38.2 Å². The Balaban J connectivity index is 1.60. The van der Waals surface area contributed by atoms with E-state index >= 15 is 0 Å². The summed E-state index contributed by atoms with van der Waals surface area (Å²) >= 11 is 0. The summed E-state index contributed by atoms with van der Waals surface area (Å²) in [6.45, 7) is 3.18. The summed E-state index contributed by atoms with van der Waals surface area (Å²) < 4.78 is 5.84. The number of rotatable bonds is 5. The van der Waals surface area contributed by atoms with E-state index < -0.39 is 0 Å². The van der Waals surface area contributed by atoms with Gasteiger partial charge in [0.15, 0.2) is 5.58 Å². The zero-order valence-corrected chi connectivity index (χ0v) is 12.5. The summed E-state index contributed by atoms with van der Waals surface area (Å²) in [4.78, 5) is 9.16. The van der Waals surface area contributed by atoms with Crippen molar-refractivity contribution in [2.45, 2.75) is 25.3 Å². The molecule has 2 heterocycles. The monoisotopic (exact) mass is 289 g/mol. The van der Waals surface area contributed by atoms with Gasteiger partial charge in [-0.15, -0.1) is 0 Å². The zero-order chi connectivity index (χ0) is 14.7. The Kier molecular flexibility index (Phi) is 4.41. The molecule has 21 heavy (non-hydrogen) atoms. The van der Waals surface area contributed by atoms with Gasteiger partial charge in [0.1, 0.15) is 5.52 Å². The summed E-state index contributed by atoms with van der Waals surface area (Å²) in [5, 5.41) is 8.92. The first-order valence-electron chi connectivity index (χ1n) is 7.69. The van der Waals surface area contributed by atoms with Gasteiger partial charge in [-0.2, -0.15) is 4.98 Å². The Labute approximate surface area is 125 Å². The van der Waals surface area contributed by atoms with E-state index in [4.69, 9.17) is 9.52 Å². The fourth-order valence-electron chi connectivity index (χ4n) is 3.00. The largest absolute Gasteiger partial charge is 0.423 e. The average molecular weight is 289 g/mol. The molecule has 5 nitrogen and oxygen atoms in total. The third kappa shape index (κ3) is 3.19. The molecule has 1 aromatic carbocycles. The topological polar surface area (TPSA) is 52.7 Å². The van der Waals surface area contributed by atoms with Crippen LogP contribution in [0.25, 0.3) is 11.1 Å². The predicted octanol–water partition coefficient (Wildman–Crippen LogP) is 2.11. The van der Waals surface area contributed by atoms with Crippen LogP contribution in [-0.4, -0.2) is 54.3 Å². The number of aliphatic hydroxyl groups is 1. The van der Waals surface area contributed by atoms with Gasteiger partial charge in [-0.05, 0) is 38.4 Å². The first-order valence-corrected chi connectivity index (χ1v) is 7.69. The van der Waals surface area contributed by atoms with Crippen LogP contribution in [-0.2, 0) is 0 Å². The van der Waals surface area contributed by atoms with E-state index in [1.165, 1.54) is 0 Å². The molecule has 0 aliphatic carbocycles. The molecule has 3 rings (SSSR count). The first-order chi connectivity index (χ1) is 10.3. The van der Waals surface area contributed by atoms with Crippen molar-refractivity contribution in [3.63, 3.8) is 0 Å². The van der Waals surface area contributed by atoms with E-state index in [1.807, 2.05) is 24.3 Å². The molecule has 2 aromatic rings. The van der Waals surface area contributed by atoms with E-state index in [2.05, 4.69) is 21.8 Å². The Morgan fingerprint density at radius 1 is 1.33 bits per heavy atom. The summed E-state index contributed by atoms with van der Waals surface area (Å²) in [5.74, 6) is 0. The van der Waals surface area contributed by atoms with Crippen molar-refractivity contribution in [3.05, 3.63) is 24.3 Å². The van der Waals surface area contributed by atoms with Gasteiger partial charge in [-0.25, -0.2) is 0 Å². The van der Waals surface area contributed by atoms with E-state index in [0.717, 1.165) is 56.0 Å². The number of hydrogen-bond donors (Lipinski definition) is 1. The molecule has 1 aromatic heterocycles. The maximum atomic E-state index is 8.92. The Bertz CT molecular complexity index is 543. The minimum atomic E-state index is 0.270. The maximum absolute atomic E-state index is 8.92. The Hall–Kier alpha value is -1.59. The van der Waals surface area contributed by atoms with Crippen LogP contribution >= 0.6 is 0 Å². The van der Waals surface area contributed by atoms with E-state index in [-0.39, 0.29) is 6.61 Å². The molecule has 0 amide bonds. The van der Waals surface area contributed by atoms with Gasteiger partial charge in [0.25, 0.3) is 6.01 Å². The van der Waals surface area contributed by atoms with E-state index in [0.29, 0.717) is 6.04 Å². The summed E-state index contributed by atoms with van der Waals surface area (Å²) in [7, 11) is 2.15. The Morgan fingerprint density at radius 3 is 2.81 bits per heavy atom. The summed E-state index contributed by atoms with van der Waals surface area (Å²) in [5.41, 5.74) is 1.78. The molecular weight excluding hydrogens is 266 g/mol. The van der Waals surface area contributed by atoms with Crippen molar-refractivity contribution in [3.8, 4) is 0 Å². The number of aliphatic hydroxyl groups excluding tert-OH is 1. The van der Waals surface area contributed by atoms with Crippen LogP contribution in [0.2, 0.25) is 0 Å². The van der Waals surface area contributed by atoms with Crippen LogP contribution in [0.1, 0.15) is 19.3 Å². The number of piperidine rings is 1. The highest BCUT2D eigenvalue weighted by Gasteiger charge is 2.24. The van der Waals surface area contributed by atoms with Crippen LogP contribution in [0.4, 0.5) is 6.01 Å². The highest BCUT2D eigenvalue weighted by atomic mass is 16.4. The van der Waals surface area contributed by atoms with Gasteiger partial charge in [-0.1, -0.05) is 12.1 Å². The van der Waals surface area contributed by atoms with Crippen molar-refractivity contribution >= 4 is 17.1 Å². The minimum absolute atomic E-state index is 0.270. The molecule has 0 radical (unpaired) electrons. The minimum Gasteiger partial charge on any atom is -0.423 e. The number of oxazole rings is 1. The molecule has 114 valence electrons. The third-order valence-electron chi connectivity index (χ3n) is 4.31. The SMILES string of the molecule is CN(CCCO)C1CCN(c2nc3ccccc3o2)CC1. The van der Waals surface area contributed by atoms with Crippen molar-refractivity contribution in [1.82, 2.24) is 9.88 Å². The maximum Gasteiger partial charge on any atom is 0.298 e. The zero-order valence-electron chi connectivity index (χ0n) is 12.5. The van der Waals surface area contributed by atoms with Crippen molar-refractivity contribution in [1.29, 1.82) is 0 Å². The molecule has 1 N–H and O–H groups in total. The molecule has 0 atom stereocenters. The second-order valence-corrected chi connectivity index (χ2v) is 5.74. The standard InChI is InChI=1S/C16H23N3O2/c1-18(9-4-12-20)13-7-10-19(11-8-13)16-17-14-5-2-3-6-15(14)21-16/h2-3,5-6,13,20H,4,7-12H2,1H3. The fourth-order valence-corrected chi connectivity index (χ4v) is 3.00. The van der Waals surface area contributed by atoms with Crippen LogP contribution in [0.3, 0.4) is 0 Å². The number of aromatic nitrogens is 1. The number of hydrogen-bond acceptors (Lipinski definition) is 5. The third-order valence-corrected chi connectivity index (χ3v) is 4.31. The van der Waals surface area contributed by atoms with Crippen LogP contribution < -0.4 is 4.90 Å². The normalized spacial score (nSPS) is 17.0. The number of para-hydroxylation sites is 2. The lowest BCUT2D eigenvalue weighted by molar-refractivity contribution is 0.183. The number of benzene rings is 1. The van der Waals surface area contributed by atoms with Gasteiger partial charge in [0.05, 0.1) is 0 Å². The fraction of sp³-hybridized carbons (Fsp3) is 0.562. The van der Waals surface area contributed by atoms with Crippen molar-refractivity contribution in [2.24, 2.45) is 0 Å². The van der Waals surface area contributed by atoms with Gasteiger partial charge in [-0.3, -0.25) is 0 Å². The van der Waals surface area contributed by atoms with Gasteiger partial charge < -0.3 is 19.3 Å². The molecule has 1 fully saturated rings. The molecule has 1 aliphatic heterocycles. The number of nitrogens with zero attached hydrogens (tertiary/aromatic N) is 3. The van der Waals surface area contributed by atoms with Crippen LogP contribution in [0, 0.1) is 0 Å². The first kappa shape index (κ1) is 14.4. The molecule has 0 unspecified atom stereocenters. The second-order valence-electron chi connectivity index (χ2n) is 5.74. The molecular formula is C16H23N3O2. The lowest BCUT2D eigenvalue weighted by Crippen LogP contribution is -2.43. The van der Waals surface area contributed by atoms with Crippen molar-refractivity contribution < 1.29 is 9.52 Å². The highest BCUT2D eigenvalue weighted by Crippen LogP contribution is 2.25. The molecule has 1 aliphatic rings. The smallest absolute Gasteiger partial charge is 0.298 e. The van der Waals surface area contributed by atoms with E-state index in [1.54, 1.807) is 0 Å². The molecule has 0 spiro atoms. The quantitative estimate of drug-likeness (QED) is 0.913.